The summed E-state index contributed by atoms with van der Waals surface area (Å²) in [5, 5.41) is 2.53. The van der Waals surface area contributed by atoms with Gasteiger partial charge in [-0.1, -0.05) is 23.2 Å². The van der Waals surface area contributed by atoms with Gasteiger partial charge in [-0.3, -0.25) is 4.84 Å². The molecule has 0 unspecified atom stereocenters. The SMILES string of the molecule is CC1(C)N=C(N)N=C(N)N1OCc1cc(Cl)ccc1Cl. The van der Waals surface area contributed by atoms with Crippen LogP contribution in [0.3, 0.4) is 0 Å². The molecule has 1 aliphatic heterocycles. The van der Waals surface area contributed by atoms with Gasteiger partial charge in [0.1, 0.15) is 6.61 Å². The minimum Gasteiger partial charge on any atom is -0.368 e. The van der Waals surface area contributed by atoms with Crippen molar-refractivity contribution in [3.05, 3.63) is 33.8 Å². The fraction of sp³-hybridized carbons (Fsp3) is 0.333. The van der Waals surface area contributed by atoms with E-state index in [1.54, 1.807) is 32.0 Å². The molecule has 0 spiro atoms. The molecule has 0 fully saturated rings. The van der Waals surface area contributed by atoms with E-state index in [4.69, 9.17) is 39.5 Å². The van der Waals surface area contributed by atoms with E-state index in [9.17, 15) is 0 Å². The van der Waals surface area contributed by atoms with Crippen LogP contribution in [0.5, 0.6) is 0 Å². The maximum absolute atomic E-state index is 6.08. The number of aliphatic imine (C=N–C) groups is 2. The third-order valence-electron chi connectivity index (χ3n) is 2.68. The molecule has 108 valence electrons. The van der Waals surface area contributed by atoms with Crippen molar-refractivity contribution < 1.29 is 4.84 Å². The van der Waals surface area contributed by atoms with Crippen LogP contribution in [0.4, 0.5) is 0 Å². The molecule has 1 heterocycles. The molecule has 2 rings (SSSR count). The molecule has 0 atom stereocenters. The van der Waals surface area contributed by atoms with E-state index >= 15 is 0 Å². The van der Waals surface area contributed by atoms with E-state index in [1.807, 2.05) is 0 Å². The summed E-state index contributed by atoms with van der Waals surface area (Å²) in [4.78, 5) is 13.7. The zero-order chi connectivity index (χ0) is 14.9. The Balaban J connectivity index is 2.15. The molecular formula is C12H15Cl2N5O. The standard InChI is InChI=1S/C12H15Cl2N5O/c1-12(2)18-10(15)17-11(16)19(12)20-6-7-5-8(13)3-4-9(7)14/h3-5H,6H2,1-2H3,(H4,15,16,17,18). The summed E-state index contributed by atoms with van der Waals surface area (Å²) >= 11 is 12.0. The number of nitrogens with two attached hydrogens (primary N) is 2. The molecule has 0 amide bonds. The first-order chi connectivity index (χ1) is 9.29. The first-order valence-electron chi connectivity index (χ1n) is 5.86. The average molecular weight is 316 g/mol. The lowest BCUT2D eigenvalue weighted by atomic mass is 10.2. The number of rotatable bonds is 3. The summed E-state index contributed by atoms with van der Waals surface area (Å²) in [5.74, 6) is 0.258. The van der Waals surface area contributed by atoms with Crippen molar-refractivity contribution in [2.45, 2.75) is 26.1 Å². The number of benzene rings is 1. The average Bonchev–Trinajstić information content (AvgIpc) is 2.31. The Morgan fingerprint density at radius 3 is 2.65 bits per heavy atom. The van der Waals surface area contributed by atoms with Crippen molar-refractivity contribution in [2.75, 3.05) is 0 Å². The predicted octanol–water partition coefficient (Wildman–Crippen LogP) is 2.11. The highest BCUT2D eigenvalue weighted by atomic mass is 35.5. The monoisotopic (exact) mass is 315 g/mol. The molecular weight excluding hydrogens is 301 g/mol. The zero-order valence-corrected chi connectivity index (χ0v) is 12.6. The molecule has 1 aromatic carbocycles. The molecule has 6 nitrogen and oxygen atoms in total. The van der Waals surface area contributed by atoms with Gasteiger partial charge in [0.05, 0.1) is 0 Å². The Morgan fingerprint density at radius 2 is 2.00 bits per heavy atom. The zero-order valence-electron chi connectivity index (χ0n) is 11.1. The number of hydrogen-bond donors (Lipinski definition) is 2. The summed E-state index contributed by atoms with van der Waals surface area (Å²) < 4.78 is 0. The molecule has 1 aliphatic rings. The van der Waals surface area contributed by atoms with Gasteiger partial charge < -0.3 is 11.5 Å². The summed E-state index contributed by atoms with van der Waals surface area (Å²) in [6.45, 7) is 3.80. The van der Waals surface area contributed by atoms with Crippen LogP contribution < -0.4 is 11.5 Å². The topological polar surface area (TPSA) is 89.2 Å². The van der Waals surface area contributed by atoms with Crippen LogP contribution >= 0.6 is 23.2 Å². The van der Waals surface area contributed by atoms with Crippen LogP contribution in [-0.4, -0.2) is 22.6 Å². The molecule has 0 radical (unpaired) electrons. The van der Waals surface area contributed by atoms with Gasteiger partial charge in [0, 0.05) is 15.6 Å². The van der Waals surface area contributed by atoms with Gasteiger partial charge in [0.25, 0.3) is 0 Å². The van der Waals surface area contributed by atoms with Crippen molar-refractivity contribution in [3.63, 3.8) is 0 Å². The molecule has 1 aromatic rings. The largest absolute Gasteiger partial charge is 0.368 e. The Morgan fingerprint density at radius 1 is 1.30 bits per heavy atom. The Hall–Kier alpha value is -1.50. The third-order valence-corrected chi connectivity index (χ3v) is 3.28. The Bertz CT molecular complexity index is 585. The van der Waals surface area contributed by atoms with Gasteiger partial charge in [-0.2, -0.15) is 10.1 Å². The van der Waals surface area contributed by atoms with Crippen LogP contribution in [0.15, 0.2) is 28.2 Å². The van der Waals surface area contributed by atoms with E-state index < -0.39 is 5.66 Å². The molecule has 0 saturated carbocycles. The van der Waals surface area contributed by atoms with Gasteiger partial charge in [-0.05, 0) is 32.0 Å². The van der Waals surface area contributed by atoms with Crippen molar-refractivity contribution in [1.82, 2.24) is 5.06 Å². The van der Waals surface area contributed by atoms with Crippen LogP contribution in [0, 0.1) is 0 Å². The minimum absolute atomic E-state index is 0.119. The molecule has 0 aromatic heterocycles. The lowest BCUT2D eigenvalue weighted by Gasteiger charge is -2.36. The third kappa shape index (κ3) is 3.15. The van der Waals surface area contributed by atoms with Crippen LogP contribution in [0.2, 0.25) is 10.0 Å². The highest BCUT2D eigenvalue weighted by molar-refractivity contribution is 6.33. The Labute approximate surface area is 127 Å². The van der Waals surface area contributed by atoms with E-state index in [0.717, 1.165) is 5.56 Å². The lowest BCUT2D eigenvalue weighted by molar-refractivity contribution is -0.166. The lowest BCUT2D eigenvalue weighted by Crippen LogP contribution is -2.53. The number of guanidine groups is 2. The summed E-state index contributed by atoms with van der Waals surface area (Å²) in [5.41, 5.74) is 11.4. The fourth-order valence-corrected chi connectivity index (χ4v) is 2.17. The highest BCUT2D eigenvalue weighted by Crippen LogP contribution is 2.24. The van der Waals surface area contributed by atoms with E-state index in [-0.39, 0.29) is 18.5 Å². The summed E-state index contributed by atoms with van der Waals surface area (Å²) in [7, 11) is 0. The maximum atomic E-state index is 6.08. The van der Waals surface area contributed by atoms with Gasteiger partial charge >= 0.3 is 0 Å². The first kappa shape index (κ1) is 14.9. The highest BCUT2D eigenvalue weighted by Gasteiger charge is 2.33. The van der Waals surface area contributed by atoms with Gasteiger partial charge in [-0.15, -0.1) is 0 Å². The predicted molar refractivity (Wildman–Crippen MR) is 80.4 cm³/mol. The molecule has 0 aliphatic carbocycles. The summed E-state index contributed by atoms with van der Waals surface area (Å²) in [6, 6.07) is 5.14. The molecule has 0 bridgehead atoms. The second-order valence-electron chi connectivity index (χ2n) is 4.74. The minimum atomic E-state index is -0.749. The van der Waals surface area contributed by atoms with E-state index in [1.165, 1.54) is 5.06 Å². The second kappa shape index (κ2) is 5.47. The second-order valence-corrected chi connectivity index (χ2v) is 5.58. The fourth-order valence-electron chi connectivity index (χ4n) is 1.81. The number of hydroxylamine groups is 2. The van der Waals surface area contributed by atoms with Gasteiger partial charge in [0.2, 0.25) is 11.9 Å². The van der Waals surface area contributed by atoms with Gasteiger partial charge in [0.15, 0.2) is 5.66 Å². The first-order valence-corrected chi connectivity index (χ1v) is 6.62. The quantitative estimate of drug-likeness (QED) is 0.894. The van der Waals surface area contributed by atoms with E-state index in [0.29, 0.717) is 10.0 Å². The van der Waals surface area contributed by atoms with E-state index in [2.05, 4.69) is 9.98 Å². The smallest absolute Gasteiger partial charge is 0.226 e. The normalized spacial score (nSPS) is 17.7. The maximum Gasteiger partial charge on any atom is 0.226 e. The van der Waals surface area contributed by atoms with Crippen molar-refractivity contribution in [2.24, 2.45) is 21.5 Å². The van der Waals surface area contributed by atoms with Crippen LogP contribution in [0.1, 0.15) is 19.4 Å². The molecule has 8 heteroatoms. The van der Waals surface area contributed by atoms with Gasteiger partial charge in [-0.25, -0.2) is 4.99 Å². The van der Waals surface area contributed by atoms with Crippen LogP contribution in [0.25, 0.3) is 0 Å². The molecule has 0 saturated heterocycles. The number of hydrogen-bond acceptors (Lipinski definition) is 6. The van der Waals surface area contributed by atoms with Crippen molar-refractivity contribution in [1.29, 1.82) is 0 Å². The summed E-state index contributed by atoms with van der Waals surface area (Å²) in [6.07, 6.45) is 0. The van der Waals surface area contributed by atoms with Crippen molar-refractivity contribution >= 4 is 35.1 Å². The Kier molecular flexibility index (Phi) is 4.08. The number of nitrogens with zero attached hydrogens (tertiary/aromatic N) is 3. The molecule has 20 heavy (non-hydrogen) atoms. The molecule has 4 N–H and O–H groups in total. The van der Waals surface area contributed by atoms with Crippen LogP contribution in [-0.2, 0) is 11.4 Å². The number of halogens is 2. The van der Waals surface area contributed by atoms with Crippen molar-refractivity contribution in [3.8, 4) is 0 Å².